The molecule has 0 spiro atoms. The molecule has 0 aliphatic carbocycles. The highest BCUT2D eigenvalue weighted by Crippen LogP contribution is 2.25. The highest BCUT2D eigenvalue weighted by Gasteiger charge is 2.31. The molecule has 2 N–H and O–H groups in total. The van der Waals surface area contributed by atoms with Crippen LogP contribution >= 0.6 is 0 Å². The van der Waals surface area contributed by atoms with Crippen molar-refractivity contribution in [1.82, 2.24) is 5.32 Å². The molecule has 2 aromatic carbocycles. The van der Waals surface area contributed by atoms with Gasteiger partial charge in [0.1, 0.15) is 11.5 Å². The molecule has 1 aliphatic rings. The summed E-state index contributed by atoms with van der Waals surface area (Å²) >= 11 is 0. The molecule has 7 nitrogen and oxygen atoms in total. The van der Waals surface area contributed by atoms with Crippen molar-refractivity contribution in [2.75, 3.05) is 31.0 Å². The summed E-state index contributed by atoms with van der Waals surface area (Å²) in [4.78, 5) is 26.1. The third-order valence-electron chi connectivity index (χ3n) is 4.17. The lowest BCUT2D eigenvalue weighted by molar-refractivity contribution is -0.117. The minimum Gasteiger partial charge on any atom is -0.497 e. The molecule has 1 fully saturated rings. The summed E-state index contributed by atoms with van der Waals surface area (Å²) in [6.45, 7) is 0.419. The van der Waals surface area contributed by atoms with Crippen molar-refractivity contribution in [3.8, 4) is 11.5 Å². The number of nitrogens with one attached hydrogen (secondary N) is 2. The number of hydrogen-bond acceptors (Lipinski definition) is 4. The standard InChI is InChI=1S/C19H21N3O4/c1-25-16-8-6-13(7-9-16)20-19(24)21-14-10-18(23)22(12-14)15-4-3-5-17(11-15)26-2/h3-9,11,14H,10,12H2,1-2H3,(H2,20,21,24)/t14-/m1/s1. The van der Waals surface area contributed by atoms with Gasteiger partial charge in [-0.15, -0.1) is 0 Å². The van der Waals surface area contributed by atoms with Crippen LogP contribution in [-0.4, -0.2) is 38.7 Å². The third kappa shape index (κ3) is 4.05. The molecule has 1 aliphatic heterocycles. The van der Waals surface area contributed by atoms with Gasteiger partial charge in [-0.3, -0.25) is 4.79 Å². The van der Waals surface area contributed by atoms with E-state index in [9.17, 15) is 9.59 Å². The molecule has 0 aromatic heterocycles. The van der Waals surface area contributed by atoms with E-state index in [0.29, 0.717) is 23.7 Å². The zero-order valence-corrected chi connectivity index (χ0v) is 14.7. The van der Waals surface area contributed by atoms with E-state index in [0.717, 1.165) is 5.69 Å². The first-order valence-electron chi connectivity index (χ1n) is 8.25. The van der Waals surface area contributed by atoms with Crippen molar-refractivity contribution in [3.63, 3.8) is 0 Å². The molecule has 0 bridgehead atoms. The molecule has 136 valence electrons. The molecule has 3 rings (SSSR count). The lowest BCUT2D eigenvalue weighted by Crippen LogP contribution is -2.39. The van der Waals surface area contributed by atoms with Gasteiger partial charge in [0.05, 0.1) is 20.3 Å². The second kappa shape index (κ2) is 7.77. The van der Waals surface area contributed by atoms with Crippen LogP contribution in [0.25, 0.3) is 0 Å². The Morgan fingerprint density at radius 2 is 1.81 bits per heavy atom. The average molecular weight is 355 g/mol. The highest BCUT2D eigenvalue weighted by molar-refractivity contribution is 5.97. The average Bonchev–Trinajstić information content (AvgIpc) is 3.02. The van der Waals surface area contributed by atoms with E-state index in [2.05, 4.69) is 10.6 Å². The maximum Gasteiger partial charge on any atom is 0.319 e. The third-order valence-corrected chi connectivity index (χ3v) is 4.17. The Kier molecular flexibility index (Phi) is 5.26. The molecule has 1 heterocycles. The fourth-order valence-electron chi connectivity index (χ4n) is 2.86. The molecule has 1 saturated heterocycles. The van der Waals surface area contributed by atoms with E-state index < -0.39 is 0 Å². The maximum absolute atomic E-state index is 12.3. The van der Waals surface area contributed by atoms with Crippen LogP contribution in [0.4, 0.5) is 16.2 Å². The summed E-state index contributed by atoms with van der Waals surface area (Å²) in [5.74, 6) is 1.36. The highest BCUT2D eigenvalue weighted by atomic mass is 16.5. The zero-order valence-electron chi connectivity index (χ0n) is 14.7. The lowest BCUT2D eigenvalue weighted by atomic mass is 10.2. The molecule has 2 aromatic rings. The molecule has 1 atom stereocenters. The van der Waals surface area contributed by atoms with E-state index in [4.69, 9.17) is 9.47 Å². The Balaban J connectivity index is 1.58. The molecule has 7 heteroatoms. The number of nitrogens with zero attached hydrogens (tertiary/aromatic N) is 1. The molecule has 26 heavy (non-hydrogen) atoms. The van der Waals surface area contributed by atoms with Crippen LogP contribution in [0.2, 0.25) is 0 Å². The first-order valence-corrected chi connectivity index (χ1v) is 8.25. The number of rotatable bonds is 5. The van der Waals surface area contributed by atoms with E-state index in [1.807, 2.05) is 18.2 Å². The summed E-state index contributed by atoms with van der Waals surface area (Å²) in [6, 6.07) is 13.7. The van der Waals surface area contributed by atoms with Crippen molar-refractivity contribution >= 4 is 23.3 Å². The van der Waals surface area contributed by atoms with Gasteiger partial charge in [0.25, 0.3) is 0 Å². The summed E-state index contributed by atoms with van der Waals surface area (Å²) in [5, 5.41) is 5.59. The van der Waals surface area contributed by atoms with Crippen molar-refractivity contribution in [2.45, 2.75) is 12.5 Å². The number of hydrogen-bond donors (Lipinski definition) is 2. The monoisotopic (exact) mass is 355 g/mol. The smallest absolute Gasteiger partial charge is 0.319 e. The zero-order chi connectivity index (χ0) is 18.5. The van der Waals surface area contributed by atoms with Gasteiger partial charge in [-0.25, -0.2) is 4.79 Å². The number of anilines is 2. The molecule has 0 unspecified atom stereocenters. The van der Waals surface area contributed by atoms with Crippen LogP contribution in [0, 0.1) is 0 Å². The molecular formula is C19H21N3O4. The van der Waals surface area contributed by atoms with Crippen LogP contribution in [-0.2, 0) is 4.79 Å². The number of benzene rings is 2. The summed E-state index contributed by atoms with van der Waals surface area (Å²) in [5.41, 5.74) is 1.41. The fraction of sp³-hybridized carbons (Fsp3) is 0.263. The Morgan fingerprint density at radius 3 is 2.50 bits per heavy atom. The van der Waals surface area contributed by atoms with Crippen molar-refractivity contribution < 1.29 is 19.1 Å². The summed E-state index contributed by atoms with van der Waals surface area (Å²) in [6.07, 6.45) is 0.257. The lowest BCUT2D eigenvalue weighted by Gasteiger charge is -2.18. The normalized spacial score (nSPS) is 16.3. The van der Waals surface area contributed by atoms with Gasteiger partial charge in [0, 0.05) is 30.4 Å². The second-order valence-electron chi connectivity index (χ2n) is 5.93. The Morgan fingerprint density at radius 1 is 1.08 bits per heavy atom. The number of amides is 3. The van der Waals surface area contributed by atoms with Crippen molar-refractivity contribution in [1.29, 1.82) is 0 Å². The van der Waals surface area contributed by atoms with Gasteiger partial charge in [-0.1, -0.05) is 6.07 Å². The van der Waals surface area contributed by atoms with Gasteiger partial charge in [0.2, 0.25) is 5.91 Å². The van der Waals surface area contributed by atoms with E-state index in [-0.39, 0.29) is 24.4 Å². The van der Waals surface area contributed by atoms with Gasteiger partial charge in [-0.05, 0) is 36.4 Å². The molecule has 3 amide bonds. The van der Waals surface area contributed by atoms with Crippen LogP contribution in [0.15, 0.2) is 48.5 Å². The number of urea groups is 1. The maximum atomic E-state index is 12.3. The van der Waals surface area contributed by atoms with Crippen LogP contribution in [0.1, 0.15) is 6.42 Å². The number of carbonyl (C=O) groups excluding carboxylic acids is 2. The molecule has 0 saturated carbocycles. The number of carbonyl (C=O) groups is 2. The minimum atomic E-state index is -0.347. The van der Waals surface area contributed by atoms with Crippen LogP contribution < -0.4 is 25.0 Å². The second-order valence-corrected chi connectivity index (χ2v) is 5.93. The first kappa shape index (κ1) is 17.6. The van der Waals surface area contributed by atoms with Gasteiger partial charge < -0.3 is 25.0 Å². The van der Waals surface area contributed by atoms with E-state index >= 15 is 0 Å². The summed E-state index contributed by atoms with van der Waals surface area (Å²) < 4.78 is 10.3. The van der Waals surface area contributed by atoms with E-state index in [1.165, 1.54) is 0 Å². The SMILES string of the molecule is COc1ccc(NC(=O)N[C@@H]2CC(=O)N(c3cccc(OC)c3)C2)cc1. The Labute approximate surface area is 151 Å². The predicted octanol–water partition coefficient (Wildman–Crippen LogP) is 2.63. The molecular weight excluding hydrogens is 334 g/mol. The number of ether oxygens (including phenoxy) is 2. The van der Waals surface area contributed by atoms with Gasteiger partial charge in [0.15, 0.2) is 0 Å². The summed E-state index contributed by atoms with van der Waals surface area (Å²) in [7, 11) is 3.17. The molecule has 0 radical (unpaired) electrons. The van der Waals surface area contributed by atoms with Crippen LogP contribution in [0.3, 0.4) is 0 Å². The van der Waals surface area contributed by atoms with Gasteiger partial charge >= 0.3 is 6.03 Å². The number of methoxy groups -OCH3 is 2. The van der Waals surface area contributed by atoms with Crippen molar-refractivity contribution in [3.05, 3.63) is 48.5 Å². The first-order chi connectivity index (χ1) is 12.6. The Bertz CT molecular complexity index is 792. The Hall–Kier alpha value is -3.22. The quantitative estimate of drug-likeness (QED) is 0.864. The topological polar surface area (TPSA) is 79.9 Å². The van der Waals surface area contributed by atoms with Gasteiger partial charge in [-0.2, -0.15) is 0 Å². The largest absolute Gasteiger partial charge is 0.497 e. The predicted molar refractivity (Wildman–Crippen MR) is 98.9 cm³/mol. The van der Waals surface area contributed by atoms with Crippen LogP contribution in [0.5, 0.6) is 11.5 Å². The van der Waals surface area contributed by atoms with Crippen molar-refractivity contribution in [2.24, 2.45) is 0 Å². The fourth-order valence-corrected chi connectivity index (χ4v) is 2.86. The van der Waals surface area contributed by atoms with E-state index in [1.54, 1.807) is 49.5 Å². The minimum absolute atomic E-state index is 0.0343.